The summed E-state index contributed by atoms with van der Waals surface area (Å²) in [6.45, 7) is 4.45. The SMILES string of the molecule is CCCCCCCCCCCCCCCCCCCCCCCCCC(=O)CCC[C@H](O)CCCC. The fourth-order valence-electron chi connectivity index (χ4n) is 5.35. The van der Waals surface area contributed by atoms with Crippen LogP contribution in [0.1, 0.15) is 206 Å². The minimum atomic E-state index is -0.197. The van der Waals surface area contributed by atoms with Crippen LogP contribution in [0.3, 0.4) is 0 Å². The van der Waals surface area contributed by atoms with Gasteiger partial charge in [0.25, 0.3) is 0 Å². The lowest BCUT2D eigenvalue weighted by Crippen LogP contribution is -2.07. The highest BCUT2D eigenvalue weighted by atomic mass is 16.3. The molecule has 2 nitrogen and oxygen atoms in total. The van der Waals surface area contributed by atoms with E-state index in [1.165, 1.54) is 141 Å². The van der Waals surface area contributed by atoms with Gasteiger partial charge in [-0.3, -0.25) is 4.79 Å². The van der Waals surface area contributed by atoms with Crippen LogP contribution in [0.5, 0.6) is 0 Å². The molecule has 0 spiro atoms. The molecule has 0 aromatic carbocycles. The van der Waals surface area contributed by atoms with Gasteiger partial charge in [-0.05, 0) is 25.7 Å². The molecular weight excluding hydrogens is 440 g/mol. The molecule has 1 atom stereocenters. The first kappa shape index (κ1) is 35.6. The van der Waals surface area contributed by atoms with E-state index in [0.29, 0.717) is 12.2 Å². The number of carbonyl (C=O) groups excluding carboxylic acids is 1. The Morgan fingerprint density at radius 3 is 1.06 bits per heavy atom. The van der Waals surface area contributed by atoms with Gasteiger partial charge in [-0.15, -0.1) is 0 Å². The number of hydrogen-bond donors (Lipinski definition) is 1. The van der Waals surface area contributed by atoms with Crippen LogP contribution in [0.4, 0.5) is 0 Å². The predicted molar refractivity (Wildman–Crippen MR) is 161 cm³/mol. The van der Waals surface area contributed by atoms with E-state index in [9.17, 15) is 9.90 Å². The van der Waals surface area contributed by atoms with Crippen molar-refractivity contribution in [3.05, 3.63) is 0 Å². The Labute approximate surface area is 228 Å². The van der Waals surface area contributed by atoms with Gasteiger partial charge < -0.3 is 5.11 Å². The molecule has 0 unspecified atom stereocenters. The minimum Gasteiger partial charge on any atom is -0.393 e. The van der Waals surface area contributed by atoms with Gasteiger partial charge in [-0.1, -0.05) is 168 Å². The fraction of sp³-hybridized carbons (Fsp3) is 0.971. The van der Waals surface area contributed by atoms with Crippen molar-refractivity contribution in [2.45, 2.75) is 213 Å². The van der Waals surface area contributed by atoms with Crippen LogP contribution in [0, 0.1) is 0 Å². The number of ketones is 1. The van der Waals surface area contributed by atoms with Crippen LogP contribution in [-0.4, -0.2) is 17.0 Å². The van der Waals surface area contributed by atoms with E-state index in [1.54, 1.807) is 0 Å². The van der Waals surface area contributed by atoms with E-state index in [-0.39, 0.29) is 6.10 Å². The normalized spacial score (nSPS) is 12.3. The number of Topliss-reactive ketones (excluding diaryl/α,β-unsaturated/α-hetero) is 1. The molecule has 0 radical (unpaired) electrons. The quantitative estimate of drug-likeness (QED) is 0.0945. The maximum Gasteiger partial charge on any atom is 0.132 e. The first-order valence-electron chi connectivity index (χ1n) is 16.9. The molecule has 0 saturated heterocycles. The number of unbranched alkanes of at least 4 members (excludes halogenated alkanes) is 23. The molecule has 2 heteroatoms. The second-order valence-electron chi connectivity index (χ2n) is 11.8. The highest BCUT2D eigenvalue weighted by Gasteiger charge is 2.06. The molecule has 0 fully saturated rings. The predicted octanol–water partition coefficient (Wildman–Crippen LogP) is 11.7. The zero-order chi connectivity index (χ0) is 26.4. The number of rotatable bonds is 31. The summed E-state index contributed by atoms with van der Waals surface area (Å²) < 4.78 is 0. The smallest absolute Gasteiger partial charge is 0.132 e. The maximum absolute atomic E-state index is 12.0. The summed E-state index contributed by atoms with van der Waals surface area (Å²) in [4.78, 5) is 12.0. The zero-order valence-electron chi connectivity index (χ0n) is 25.1. The van der Waals surface area contributed by atoms with Gasteiger partial charge in [0.2, 0.25) is 0 Å². The van der Waals surface area contributed by atoms with Gasteiger partial charge in [0.15, 0.2) is 0 Å². The third-order valence-corrected chi connectivity index (χ3v) is 7.94. The highest BCUT2D eigenvalue weighted by molar-refractivity contribution is 5.78. The van der Waals surface area contributed by atoms with E-state index < -0.39 is 0 Å². The molecule has 0 bridgehead atoms. The maximum atomic E-state index is 12.0. The summed E-state index contributed by atoms with van der Waals surface area (Å²) in [6.07, 6.45) is 38.3. The number of hydrogen-bond acceptors (Lipinski definition) is 2. The Bertz CT molecular complexity index is 419. The van der Waals surface area contributed by atoms with Gasteiger partial charge >= 0.3 is 0 Å². The van der Waals surface area contributed by atoms with E-state index in [4.69, 9.17) is 0 Å². The van der Waals surface area contributed by atoms with Crippen molar-refractivity contribution in [1.82, 2.24) is 0 Å². The van der Waals surface area contributed by atoms with Crippen molar-refractivity contribution in [2.75, 3.05) is 0 Å². The Balaban J connectivity index is 3.14. The topological polar surface area (TPSA) is 37.3 Å². The highest BCUT2D eigenvalue weighted by Crippen LogP contribution is 2.16. The van der Waals surface area contributed by atoms with Crippen molar-refractivity contribution in [2.24, 2.45) is 0 Å². The molecular formula is C34H68O2. The van der Waals surface area contributed by atoms with Gasteiger partial charge in [0.05, 0.1) is 6.10 Å². The number of aliphatic hydroxyl groups is 1. The van der Waals surface area contributed by atoms with Crippen LogP contribution >= 0.6 is 0 Å². The summed E-state index contributed by atoms with van der Waals surface area (Å²) in [7, 11) is 0. The van der Waals surface area contributed by atoms with Crippen LogP contribution in [0.2, 0.25) is 0 Å². The second-order valence-corrected chi connectivity index (χ2v) is 11.8. The third kappa shape index (κ3) is 29.9. The van der Waals surface area contributed by atoms with Crippen LogP contribution in [0.15, 0.2) is 0 Å². The zero-order valence-corrected chi connectivity index (χ0v) is 25.1. The molecule has 0 aliphatic carbocycles. The average Bonchev–Trinajstić information content (AvgIpc) is 2.88. The molecule has 0 rings (SSSR count). The van der Waals surface area contributed by atoms with Crippen LogP contribution in [0.25, 0.3) is 0 Å². The molecule has 0 aromatic heterocycles. The molecule has 0 saturated carbocycles. The molecule has 0 heterocycles. The van der Waals surface area contributed by atoms with Crippen molar-refractivity contribution >= 4 is 5.78 Å². The summed E-state index contributed by atoms with van der Waals surface area (Å²) in [6, 6.07) is 0. The Kier molecular flexibility index (Phi) is 30.5. The van der Waals surface area contributed by atoms with E-state index in [0.717, 1.165) is 44.9 Å². The van der Waals surface area contributed by atoms with Crippen LogP contribution < -0.4 is 0 Å². The fourth-order valence-corrected chi connectivity index (χ4v) is 5.35. The summed E-state index contributed by atoms with van der Waals surface area (Å²) >= 11 is 0. The molecule has 0 aliphatic heterocycles. The van der Waals surface area contributed by atoms with Gasteiger partial charge in [-0.25, -0.2) is 0 Å². The molecule has 216 valence electrons. The summed E-state index contributed by atoms with van der Waals surface area (Å²) in [5.41, 5.74) is 0. The largest absolute Gasteiger partial charge is 0.393 e. The molecule has 0 amide bonds. The Hall–Kier alpha value is -0.370. The van der Waals surface area contributed by atoms with Gasteiger partial charge in [0, 0.05) is 12.8 Å². The molecule has 0 aromatic rings. The monoisotopic (exact) mass is 509 g/mol. The Morgan fingerprint density at radius 1 is 0.417 bits per heavy atom. The number of carbonyl (C=O) groups is 1. The summed E-state index contributed by atoms with van der Waals surface area (Å²) in [5, 5.41) is 9.85. The second kappa shape index (κ2) is 30.9. The van der Waals surface area contributed by atoms with E-state index >= 15 is 0 Å². The minimum absolute atomic E-state index is 0.197. The first-order chi connectivity index (χ1) is 17.7. The van der Waals surface area contributed by atoms with Gasteiger partial charge in [-0.2, -0.15) is 0 Å². The van der Waals surface area contributed by atoms with Crippen molar-refractivity contribution < 1.29 is 9.90 Å². The van der Waals surface area contributed by atoms with Crippen LogP contribution in [-0.2, 0) is 4.79 Å². The third-order valence-electron chi connectivity index (χ3n) is 7.94. The van der Waals surface area contributed by atoms with Crippen molar-refractivity contribution in [3.63, 3.8) is 0 Å². The standard InChI is InChI=1S/C34H68O2/c1-3-5-7-8-9-10-11-12-13-14-15-16-17-18-19-20-21-22-23-24-25-26-27-30-34(36)32-28-31-33(35)29-6-4-2/h33,35H,3-32H2,1-2H3/t33-/m1/s1. The van der Waals surface area contributed by atoms with Gasteiger partial charge in [0.1, 0.15) is 5.78 Å². The first-order valence-corrected chi connectivity index (χ1v) is 16.9. The van der Waals surface area contributed by atoms with Crippen molar-refractivity contribution in [1.29, 1.82) is 0 Å². The molecule has 1 N–H and O–H groups in total. The lowest BCUT2D eigenvalue weighted by molar-refractivity contribution is -0.119. The lowest BCUT2D eigenvalue weighted by atomic mass is 10.0. The average molecular weight is 509 g/mol. The molecule has 0 aliphatic rings. The Morgan fingerprint density at radius 2 is 0.694 bits per heavy atom. The van der Waals surface area contributed by atoms with E-state index in [2.05, 4.69) is 13.8 Å². The molecule has 36 heavy (non-hydrogen) atoms. The van der Waals surface area contributed by atoms with E-state index in [1.807, 2.05) is 0 Å². The van der Waals surface area contributed by atoms with Crippen molar-refractivity contribution in [3.8, 4) is 0 Å². The lowest BCUT2D eigenvalue weighted by Gasteiger charge is -2.09. The summed E-state index contributed by atoms with van der Waals surface area (Å²) in [5.74, 6) is 0.404. The number of aliphatic hydroxyl groups excluding tert-OH is 1.